The minimum Gasteiger partial charge on any atom is -0.231 e. The summed E-state index contributed by atoms with van der Waals surface area (Å²) in [6, 6.07) is 8.06. The normalized spacial score (nSPS) is 13.8. The van der Waals surface area contributed by atoms with Gasteiger partial charge in [-0.3, -0.25) is 0 Å². The molecule has 0 N–H and O–H groups in total. The Bertz CT molecular complexity index is 351. The molecule has 1 aliphatic rings. The Labute approximate surface area is 85.1 Å². The van der Waals surface area contributed by atoms with Gasteiger partial charge in [-0.2, -0.15) is 0 Å². The molecule has 0 unspecified atom stereocenters. The van der Waals surface area contributed by atoms with E-state index in [1.54, 1.807) is 0 Å². The van der Waals surface area contributed by atoms with Gasteiger partial charge in [0.05, 0.1) is 11.4 Å². The minimum atomic E-state index is 0.516. The van der Waals surface area contributed by atoms with Crippen LogP contribution in [-0.4, -0.2) is 5.84 Å². The average Bonchev–Trinajstić information content (AvgIpc) is 2.63. The predicted octanol–water partition coefficient (Wildman–Crippen LogP) is 3.40. The lowest BCUT2D eigenvalue weighted by molar-refractivity contribution is 0.631. The molecular weight excluding hydrogens is 172 g/mol. The van der Waals surface area contributed by atoms with Crippen LogP contribution in [0.5, 0.6) is 0 Å². The van der Waals surface area contributed by atoms with Crippen molar-refractivity contribution in [3.8, 4) is 0 Å². The number of hydrogen-bond acceptors (Lipinski definition) is 1. The number of benzene rings is 1. The molecule has 2 rings (SSSR count). The Morgan fingerprint density at radius 3 is 2.29 bits per heavy atom. The zero-order valence-electron chi connectivity index (χ0n) is 8.70. The van der Waals surface area contributed by atoms with E-state index < -0.39 is 0 Å². The summed E-state index contributed by atoms with van der Waals surface area (Å²) < 4.78 is 0. The summed E-state index contributed by atoms with van der Waals surface area (Å²) in [7, 11) is 0. The fraction of sp³-hybridized carbons (Fsp3) is 0.417. The maximum Gasteiger partial charge on any atom is 0.132 e. The van der Waals surface area contributed by atoms with Crippen molar-refractivity contribution in [2.75, 3.05) is 0 Å². The molecule has 0 bridgehead atoms. The molecule has 14 heavy (non-hydrogen) atoms. The summed E-state index contributed by atoms with van der Waals surface area (Å²) in [5, 5.41) is 4.54. The van der Waals surface area contributed by atoms with E-state index in [0.717, 1.165) is 30.1 Å². The van der Waals surface area contributed by atoms with Gasteiger partial charge in [0.2, 0.25) is 0 Å². The number of rotatable bonds is 3. The summed E-state index contributed by atoms with van der Waals surface area (Å²) in [6.07, 6.45) is 2.24. The molecule has 0 fully saturated rings. The van der Waals surface area contributed by atoms with Crippen LogP contribution in [0.3, 0.4) is 0 Å². The number of amidine groups is 1. The largest absolute Gasteiger partial charge is 0.231 e. The Balaban J connectivity index is 2.22. The van der Waals surface area contributed by atoms with Crippen LogP contribution in [0.1, 0.15) is 26.7 Å². The lowest BCUT2D eigenvalue weighted by atomic mass is 10.0. The summed E-state index contributed by atoms with van der Waals surface area (Å²) in [5.41, 5.74) is 2.05. The third-order valence-corrected chi connectivity index (χ3v) is 2.70. The van der Waals surface area contributed by atoms with E-state index >= 15 is 0 Å². The molecular formula is C12H15N2. The van der Waals surface area contributed by atoms with E-state index in [-0.39, 0.29) is 0 Å². The summed E-state index contributed by atoms with van der Waals surface area (Å²) >= 11 is 0. The van der Waals surface area contributed by atoms with Gasteiger partial charge in [0, 0.05) is 5.92 Å². The van der Waals surface area contributed by atoms with Gasteiger partial charge in [0.25, 0.3) is 0 Å². The van der Waals surface area contributed by atoms with Gasteiger partial charge in [0.15, 0.2) is 0 Å². The molecule has 0 saturated heterocycles. The predicted molar refractivity (Wildman–Crippen MR) is 59.4 cm³/mol. The van der Waals surface area contributed by atoms with Crippen molar-refractivity contribution in [3.05, 3.63) is 24.3 Å². The first-order valence-electron chi connectivity index (χ1n) is 5.24. The first-order chi connectivity index (χ1) is 6.85. The first-order valence-corrected chi connectivity index (χ1v) is 5.24. The minimum absolute atomic E-state index is 0.516. The zero-order chi connectivity index (χ0) is 9.97. The second-order valence-corrected chi connectivity index (χ2v) is 3.58. The van der Waals surface area contributed by atoms with E-state index in [1.165, 1.54) is 0 Å². The molecule has 0 saturated carbocycles. The fourth-order valence-corrected chi connectivity index (χ4v) is 1.76. The molecule has 0 spiro atoms. The molecule has 1 aliphatic heterocycles. The van der Waals surface area contributed by atoms with Gasteiger partial charge < -0.3 is 0 Å². The molecule has 0 aromatic heterocycles. The number of aliphatic imine (C=N–C) groups is 1. The standard InChI is InChI=1S/C12H15N2/c1-3-9(4-2)12-13-10-7-5-6-8-11(10)14-12/h5-9H,3-4H2,1-2H3. The van der Waals surface area contributed by atoms with E-state index in [9.17, 15) is 0 Å². The summed E-state index contributed by atoms with van der Waals surface area (Å²) in [5.74, 6) is 1.53. The zero-order valence-corrected chi connectivity index (χ0v) is 8.70. The van der Waals surface area contributed by atoms with Gasteiger partial charge >= 0.3 is 0 Å². The highest BCUT2D eigenvalue weighted by Crippen LogP contribution is 2.32. The quantitative estimate of drug-likeness (QED) is 0.693. The van der Waals surface area contributed by atoms with Crippen molar-refractivity contribution in [3.63, 3.8) is 0 Å². The first kappa shape index (κ1) is 9.25. The van der Waals surface area contributed by atoms with Gasteiger partial charge in [-0.1, -0.05) is 26.0 Å². The van der Waals surface area contributed by atoms with Gasteiger partial charge in [0.1, 0.15) is 5.84 Å². The Morgan fingerprint density at radius 2 is 1.71 bits per heavy atom. The van der Waals surface area contributed by atoms with E-state index in [2.05, 4.69) is 24.2 Å². The maximum atomic E-state index is 4.54. The highest BCUT2D eigenvalue weighted by atomic mass is 15.1. The average molecular weight is 187 g/mol. The highest BCUT2D eigenvalue weighted by molar-refractivity contribution is 5.97. The van der Waals surface area contributed by atoms with E-state index in [1.807, 2.05) is 24.3 Å². The monoisotopic (exact) mass is 187 g/mol. The van der Waals surface area contributed by atoms with Crippen molar-refractivity contribution in [1.82, 2.24) is 5.32 Å². The second kappa shape index (κ2) is 3.82. The van der Waals surface area contributed by atoms with Crippen molar-refractivity contribution >= 4 is 17.2 Å². The van der Waals surface area contributed by atoms with Crippen LogP contribution < -0.4 is 5.32 Å². The molecule has 0 atom stereocenters. The number of fused-ring (bicyclic) bond motifs is 1. The van der Waals surface area contributed by atoms with Crippen LogP contribution in [0.2, 0.25) is 0 Å². The summed E-state index contributed by atoms with van der Waals surface area (Å²) in [6.45, 7) is 4.38. The number of nitrogens with zero attached hydrogens (tertiary/aromatic N) is 2. The maximum absolute atomic E-state index is 4.54. The molecule has 0 aliphatic carbocycles. The van der Waals surface area contributed by atoms with Crippen LogP contribution >= 0.6 is 0 Å². The van der Waals surface area contributed by atoms with Crippen molar-refractivity contribution < 1.29 is 0 Å². The molecule has 73 valence electrons. The molecule has 2 nitrogen and oxygen atoms in total. The van der Waals surface area contributed by atoms with E-state index in [0.29, 0.717) is 5.92 Å². The Hall–Kier alpha value is -1.31. The van der Waals surface area contributed by atoms with Crippen LogP contribution in [0.4, 0.5) is 11.4 Å². The lowest BCUT2D eigenvalue weighted by Gasteiger charge is -2.10. The number of para-hydroxylation sites is 2. The Morgan fingerprint density at radius 1 is 1.07 bits per heavy atom. The summed E-state index contributed by atoms with van der Waals surface area (Å²) in [4.78, 5) is 4.54. The van der Waals surface area contributed by atoms with Crippen molar-refractivity contribution in [2.45, 2.75) is 26.7 Å². The van der Waals surface area contributed by atoms with Crippen LogP contribution in [0.25, 0.3) is 0 Å². The van der Waals surface area contributed by atoms with Gasteiger partial charge in [-0.25, -0.2) is 10.3 Å². The van der Waals surface area contributed by atoms with Crippen molar-refractivity contribution in [1.29, 1.82) is 0 Å². The molecule has 1 aromatic rings. The van der Waals surface area contributed by atoms with Crippen molar-refractivity contribution in [2.24, 2.45) is 10.9 Å². The van der Waals surface area contributed by atoms with Gasteiger partial charge in [-0.05, 0) is 25.0 Å². The molecule has 1 radical (unpaired) electrons. The lowest BCUT2D eigenvalue weighted by Crippen LogP contribution is -2.18. The third-order valence-electron chi connectivity index (χ3n) is 2.70. The smallest absolute Gasteiger partial charge is 0.132 e. The van der Waals surface area contributed by atoms with Crippen LogP contribution in [-0.2, 0) is 0 Å². The third kappa shape index (κ3) is 1.52. The SMILES string of the molecule is CCC(CC)C1=Nc2ccccc2[N]1. The van der Waals surface area contributed by atoms with Crippen LogP contribution in [0.15, 0.2) is 29.3 Å². The second-order valence-electron chi connectivity index (χ2n) is 3.58. The molecule has 0 amide bonds. The van der Waals surface area contributed by atoms with E-state index in [4.69, 9.17) is 0 Å². The Kier molecular flexibility index (Phi) is 2.53. The molecule has 1 heterocycles. The highest BCUT2D eigenvalue weighted by Gasteiger charge is 2.20. The topological polar surface area (TPSA) is 26.5 Å². The molecule has 1 aromatic carbocycles. The van der Waals surface area contributed by atoms with Crippen LogP contribution in [0, 0.1) is 5.92 Å². The van der Waals surface area contributed by atoms with Gasteiger partial charge in [-0.15, -0.1) is 0 Å². The number of hydrogen-bond donors (Lipinski definition) is 0. The molecule has 2 heteroatoms. The fourth-order valence-electron chi connectivity index (χ4n) is 1.76.